The fourth-order valence-electron chi connectivity index (χ4n) is 5.36. The number of amides is 4. The molecule has 0 bridgehead atoms. The van der Waals surface area contributed by atoms with Crippen LogP contribution in [0.3, 0.4) is 0 Å². The van der Waals surface area contributed by atoms with Gasteiger partial charge in [0.1, 0.15) is 17.8 Å². The quantitative estimate of drug-likeness (QED) is 0.0647. The molecule has 14 nitrogen and oxygen atoms in total. The highest BCUT2D eigenvalue weighted by Crippen LogP contribution is 2.18. The molecule has 1 heterocycles. The first kappa shape index (κ1) is 34.4. The monoisotopic (exact) mass is 644 g/mol. The van der Waals surface area contributed by atoms with E-state index in [-0.39, 0.29) is 37.5 Å². The maximum Gasteiger partial charge on any atom is 0.243 e. The highest BCUT2D eigenvalue weighted by Gasteiger charge is 2.37. The number of aldehydes is 1. The molecule has 1 aliphatic rings. The highest BCUT2D eigenvalue weighted by atomic mass is 16.3. The molecule has 4 amide bonds. The first-order valence-corrected chi connectivity index (χ1v) is 15.2. The second kappa shape index (κ2) is 15.7. The van der Waals surface area contributed by atoms with Crippen LogP contribution in [-0.2, 0) is 36.8 Å². The lowest BCUT2D eigenvalue weighted by atomic mass is 9.98. The van der Waals surface area contributed by atoms with Crippen molar-refractivity contribution in [2.75, 3.05) is 13.1 Å². The molecular weight excluding hydrogens is 604 g/mol. The van der Waals surface area contributed by atoms with Crippen LogP contribution in [0.2, 0.25) is 0 Å². The third-order valence-corrected chi connectivity index (χ3v) is 7.74. The van der Waals surface area contributed by atoms with E-state index in [1.807, 2.05) is 42.5 Å². The van der Waals surface area contributed by atoms with Crippen molar-refractivity contribution in [2.24, 2.45) is 16.5 Å². The van der Waals surface area contributed by atoms with E-state index in [1.165, 1.54) is 19.1 Å². The van der Waals surface area contributed by atoms with E-state index in [9.17, 15) is 29.1 Å². The average Bonchev–Trinajstić information content (AvgIpc) is 3.04. The molecule has 10 N–H and O–H groups in total. The second-order valence-corrected chi connectivity index (χ2v) is 11.5. The Bertz CT molecular complexity index is 1640. The van der Waals surface area contributed by atoms with Gasteiger partial charge in [-0.2, -0.15) is 0 Å². The van der Waals surface area contributed by atoms with Crippen molar-refractivity contribution >= 4 is 46.6 Å². The lowest BCUT2D eigenvalue weighted by Gasteiger charge is -2.34. The van der Waals surface area contributed by atoms with Crippen molar-refractivity contribution < 1.29 is 29.1 Å². The van der Waals surface area contributed by atoms with Crippen LogP contribution in [-0.4, -0.2) is 77.9 Å². The maximum absolute atomic E-state index is 13.7. The average molecular weight is 645 g/mol. The van der Waals surface area contributed by atoms with Gasteiger partial charge in [0.05, 0.1) is 12.6 Å². The predicted molar refractivity (Wildman–Crippen MR) is 176 cm³/mol. The molecule has 1 saturated heterocycles. The minimum Gasteiger partial charge on any atom is -0.508 e. The molecule has 3 aromatic rings. The van der Waals surface area contributed by atoms with Gasteiger partial charge >= 0.3 is 0 Å². The van der Waals surface area contributed by atoms with E-state index in [1.54, 1.807) is 12.1 Å². The molecule has 0 saturated carbocycles. The van der Waals surface area contributed by atoms with Gasteiger partial charge < -0.3 is 37.8 Å². The minimum absolute atomic E-state index is 0.00904. The second-order valence-electron chi connectivity index (χ2n) is 11.5. The first-order valence-electron chi connectivity index (χ1n) is 15.2. The van der Waals surface area contributed by atoms with Gasteiger partial charge in [-0.1, -0.05) is 54.6 Å². The molecule has 1 fully saturated rings. The Balaban J connectivity index is 1.65. The number of fused-ring (bicyclic) bond motifs is 1. The van der Waals surface area contributed by atoms with Crippen molar-refractivity contribution in [3.05, 3.63) is 77.9 Å². The number of nitrogens with two attached hydrogens (primary N) is 2. The van der Waals surface area contributed by atoms with Crippen molar-refractivity contribution in [2.45, 2.75) is 56.4 Å². The Morgan fingerprint density at radius 3 is 2.30 bits per heavy atom. The number of carbonyl (C=O) groups excluding carboxylic acids is 5. The number of guanidine groups is 1. The van der Waals surface area contributed by atoms with Crippen molar-refractivity contribution in [1.29, 1.82) is 0 Å². The zero-order valence-electron chi connectivity index (χ0n) is 26.0. The SMILES string of the molecule is C[C@H]1N[C@@](C=O)(Cc2ccc(O)cc2)NC(=O)CNC(=O)[C@H](Cc2ccc3ccccc3c2)NC(=O)[C@H](CCCN=C(N)N)NC1=O. The molecule has 248 valence electrons. The minimum atomic E-state index is -1.78. The van der Waals surface area contributed by atoms with E-state index in [0.29, 0.717) is 18.3 Å². The van der Waals surface area contributed by atoms with Crippen molar-refractivity contribution in [1.82, 2.24) is 26.6 Å². The van der Waals surface area contributed by atoms with Crippen molar-refractivity contribution in [3.8, 4) is 5.75 Å². The molecule has 4 rings (SSSR count). The van der Waals surface area contributed by atoms with E-state index in [0.717, 1.165) is 16.3 Å². The summed E-state index contributed by atoms with van der Waals surface area (Å²) < 4.78 is 0. The summed E-state index contributed by atoms with van der Waals surface area (Å²) in [6.45, 7) is 1.17. The van der Waals surface area contributed by atoms with Crippen LogP contribution in [0.15, 0.2) is 71.7 Å². The van der Waals surface area contributed by atoms with Crippen LogP contribution in [0.4, 0.5) is 0 Å². The number of aliphatic imine (C=N–C) groups is 1. The van der Waals surface area contributed by atoms with Crippen LogP contribution in [0.5, 0.6) is 5.75 Å². The zero-order chi connectivity index (χ0) is 34.0. The number of hydrogen-bond acceptors (Lipinski definition) is 8. The first-order chi connectivity index (χ1) is 22.5. The molecule has 47 heavy (non-hydrogen) atoms. The molecule has 0 radical (unpaired) electrons. The van der Waals surface area contributed by atoms with Crippen LogP contribution >= 0.6 is 0 Å². The summed E-state index contributed by atoms with van der Waals surface area (Å²) in [5.41, 5.74) is 10.4. The lowest BCUT2D eigenvalue weighted by molar-refractivity contribution is -0.135. The molecule has 4 atom stereocenters. The van der Waals surface area contributed by atoms with Gasteiger partial charge in [0.15, 0.2) is 17.9 Å². The summed E-state index contributed by atoms with van der Waals surface area (Å²) in [5.74, 6) is -2.71. The number of nitrogens with zero attached hydrogens (tertiary/aromatic N) is 1. The van der Waals surface area contributed by atoms with Gasteiger partial charge in [0.2, 0.25) is 23.6 Å². The number of benzene rings is 3. The number of rotatable bonds is 9. The molecule has 0 unspecified atom stereocenters. The van der Waals surface area contributed by atoms with Gasteiger partial charge in [-0.15, -0.1) is 0 Å². The number of nitrogens with one attached hydrogen (secondary N) is 5. The highest BCUT2D eigenvalue weighted by molar-refractivity contribution is 5.95. The van der Waals surface area contributed by atoms with Gasteiger partial charge in [-0.25, -0.2) is 0 Å². The Labute approximate surface area is 271 Å². The summed E-state index contributed by atoms with van der Waals surface area (Å²) >= 11 is 0. The normalized spacial score (nSPS) is 22.6. The molecule has 3 aromatic carbocycles. The third-order valence-electron chi connectivity index (χ3n) is 7.74. The number of aromatic hydroxyl groups is 1. The standard InChI is InChI=1S/C33H40N8O6/c1-20-29(45)38-26(7-4-14-36-32(34)35)31(47)39-27(16-22-8-11-23-5-2-3-6-24(23)15-22)30(46)37-18-28(44)41-33(19-42,40-20)17-21-9-12-25(43)13-10-21/h2-3,5-6,8-13,15,19-20,26-27,40,43H,4,7,14,16-18H2,1H3,(H,37,46)(H,38,45)(H,39,47)(H,41,44)(H4,34,35,36)/t20-,26+,27+,33+/m1/s1. The molecule has 1 aliphatic heterocycles. The van der Waals surface area contributed by atoms with Crippen molar-refractivity contribution in [3.63, 3.8) is 0 Å². The molecule has 0 aliphatic carbocycles. The fourth-order valence-corrected chi connectivity index (χ4v) is 5.36. The Morgan fingerprint density at radius 2 is 1.60 bits per heavy atom. The summed E-state index contributed by atoms with van der Waals surface area (Å²) in [6.07, 6.45) is 0.928. The molecule has 0 aromatic heterocycles. The molecular formula is C33H40N8O6. The van der Waals surface area contributed by atoms with Crippen LogP contribution < -0.4 is 38.1 Å². The predicted octanol–water partition coefficient (Wildman–Crippen LogP) is -0.527. The van der Waals surface area contributed by atoms with Gasteiger partial charge in [0, 0.05) is 19.4 Å². The topological polar surface area (TPSA) is 230 Å². The summed E-state index contributed by atoms with van der Waals surface area (Å²) in [7, 11) is 0. The van der Waals surface area contributed by atoms with Gasteiger partial charge in [0.25, 0.3) is 0 Å². The molecule has 14 heteroatoms. The number of hydrogen-bond donors (Lipinski definition) is 8. The maximum atomic E-state index is 13.7. The number of phenols is 1. The van der Waals surface area contributed by atoms with E-state index in [2.05, 4.69) is 31.6 Å². The lowest BCUT2D eigenvalue weighted by Crippen LogP contribution is -2.68. The van der Waals surface area contributed by atoms with E-state index < -0.39 is 54.0 Å². The van der Waals surface area contributed by atoms with Crippen LogP contribution in [0, 0.1) is 0 Å². The van der Waals surface area contributed by atoms with Crippen LogP contribution in [0.1, 0.15) is 30.9 Å². The number of phenolic OH excluding ortho intramolecular Hbond substituents is 1. The van der Waals surface area contributed by atoms with E-state index in [4.69, 9.17) is 11.5 Å². The fraction of sp³-hybridized carbons (Fsp3) is 0.333. The Kier molecular flexibility index (Phi) is 11.5. The Hall–Kier alpha value is -5.50. The largest absolute Gasteiger partial charge is 0.508 e. The van der Waals surface area contributed by atoms with Crippen LogP contribution in [0.25, 0.3) is 10.8 Å². The smallest absolute Gasteiger partial charge is 0.243 e. The third kappa shape index (κ3) is 9.74. The number of carbonyl (C=O) groups is 5. The summed E-state index contributed by atoms with van der Waals surface area (Å²) in [4.78, 5) is 70.3. The van der Waals surface area contributed by atoms with Gasteiger partial charge in [-0.05, 0) is 53.8 Å². The molecule has 0 spiro atoms. The summed E-state index contributed by atoms with van der Waals surface area (Å²) in [5, 5.41) is 25.2. The Morgan fingerprint density at radius 1 is 0.915 bits per heavy atom. The van der Waals surface area contributed by atoms with Gasteiger partial charge in [-0.3, -0.25) is 34.3 Å². The zero-order valence-corrected chi connectivity index (χ0v) is 26.0. The summed E-state index contributed by atoms with van der Waals surface area (Å²) in [6, 6.07) is 16.1. The van der Waals surface area contributed by atoms with E-state index >= 15 is 0 Å².